The van der Waals surface area contributed by atoms with Crippen molar-refractivity contribution in [3.8, 4) is 27.6 Å². The second-order valence-corrected chi connectivity index (χ2v) is 9.97. The molecule has 0 saturated heterocycles. The number of thiophene rings is 1. The normalized spacial score (nSPS) is 16.4. The van der Waals surface area contributed by atoms with E-state index in [2.05, 4.69) is 18.2 Å². The molecule has 168 valence electrons. The van der Waals surface area contributed by atoms with Gasteiger partial charge in [-0.25, -0.2) is 4.79 Å². The summed E-state index contributed by atoms with van der Waals surface area (Å²) in [5.74, 6) is 0.804. The number of carboxylic acids is 1. The van der Waals surface area contributed by atoms with Gasteiger partial charge in [0.05, 0.1) is 22.4 Å². The maximum Gasteiger partial charge on any atom is 0.352 e. The Labute approximate surface area is 196 Å². The Hall–Kier alpha value is -3.25. The van der Waals surface area contributed by atoms with Crippen LogP contribution in [0, 0.1) is 0 Å². The Morgan fingerprint density at radius 3 is 2.06 bits per heavy atom. The summed E-state index contributed by atoms with van der Waals surface area (Å²) in [6.45, 7) is 0. The van der Waals surface area contributed by atoms with Gasteiger partial charge in [-0.1, -0.05) is 0 Å². The Kier molecular flexibility index (Phi) is 5.10. The summed E-state index contributed by atoms with van der Waals surface area (Å²) in [6, 6.07) is 19.8. The zero-order valence-corrected chi connectivity index (χ0v) is 19.0. The third-order valence-corrected chi connectivity index (χ3v) is 7.50. The molecule has 33 heavy (non-hydrogen) atoms. The minimum absolute atomic E-state index is 0.264. The van der Waals surface area contributed by atoms with E-state index in [9.17, 15) is 9.90 Å². The van der Waals surface area contributed by atoms with Crippen LogP contribution in [-0.2, 0) is 0 Å². The van der Waals surface area contributed by atoms with E-state index in [1.54, 1.807) is 17.4 Å². The fraction of sp³-hybridized carbons (Fsp3) is 0.296. The van der Waals surface area contributed by atoms with E-state index in [1.165, 1.54) is 12.8 Å². The Morgan fingerprint density at radius 1 is 0.848 bits per heavy atom. The summed E-state index contributed by atoms with van der Waals surface area (Å²) in [7, 11) is 0. The molecular formula is C27H25NO4S. The molecule has 2 aliphatic carbocycles. The van der Waals surface area contributed by atoms with Gasteiger partial charge in [0.2, 0.25) is 0 Å². The molecule has 0 amide bonds. The Morgan fingerprint density at radius 2 is 1.45 bits per heavy atom. The van der Waals surface area contributed by atoms with Crippen molar-refractivity contribution in [2.45, 2.75) is 50.7 Å². The van der Waals surface area contributed by atoms with Gasteiger partial charge in [0.1, 0.15) is 17.2 Å². The first-order valence-electron chi connectivity index (χ1n) is 11.6. The molecular weight excluding hydrogens is 434 g/mol. The molecule has 2 aromatic carbocycles. The van der Waals surface area contributed by atoms with Crippen molar-refractivity contribution >= 4 is 27.5 Å². The summed E-state index contributed by atoms with van der Waals surface area (Å²) < 4.78 is 14.7. The SMILES string of the molecule is O=C(O)c1cc2sc(-c3ccc(OC4CC4)cc3)cc2n1-c1ccc(OC2CCCC2)cc1. The quantitative estimate of drug-likeness (QED) is 0.326. The van der Waals surface area contributed by atoms with Gasteiger partial charge in [-0.2, -0.15) is 0 Å². The number of nitrogens with zero attached hydrogens (tertiary/aromatic N) is 1. The number of aromatic nitrogens is 1. The summed E-state index contributed by atoms with van der Waals surface area (Å²) in [5.41, 5.74) is 3.08. The van der Waals surface area contributed by atoms with Crippen molar-refractivity contribution in [3.63, 3.8) is 0 Å². The van der Waals surface area contributed by atoms with Crippen molar-refractivity contribution in [2.75, 3.05) is 0 Å². The maximum atomic E-state index is 12.0. The number of carbonyl (C=O) groups is 1. The molecule has 2 heterocycles. The molecule has 5 nitrogen and oxygen atoms in total. The van der Waals surface area contributed by atoms with Crippen molar-refractivity contribution in [2.24, 2.45) is 0 Å². The van der Waals surface area contributed by atoms with Crippen molar-refractivity contribution in [3.05, 3.63) is 66.4 Å². The van der Waals surface area contributed by atoms with Crippen LogP contribution in [0.5, 0.6) is 11.5 Å². The van der Waals surface area contributed by atoms with E-state index < -0.39 is 5.97 Å². The van der Waals surface area contributed by atoms with Crippen molar-refractivity contribution in [1.82, 2.24) is 4.57 Å². The van der Waals surface area contributed by atoms with E-state index in [4.69, 9.17) is 9.47 Å². The van der Waals surface area contributed by atoms with Crippen LogP contribution in [0.2, 0.25) is 0 Å². The number of ether oxygens (including phenoxy) is 2. The maximum absolute atomic E-state index is 12.0. The molecule has 1 N–H and O–H groups in total. The second kappa shape index (κ2) is 8.27. The van der Waals surface area contributed by atoms with Crippen LogP contribution in [-0.4, -0.2) is 27.9 Å². The van der Waals surface area contributed by atoms with Crippen LogP contribution in [0.1, 0.15) is 49.0 Å². The molecule has 2 aromatic heterocycles. The molecule has 2 saturated carbocycles. The molecule has 6 heteroatoms. The van der Waals surface area contributed by atoms with E-state index >= 15 is 0 Å². The van der Waals surface area contributed by atoms with Gasteiger partial charge >= 0.3 is 5.97 Å². The number of benzene rings is 2. The van der Waals surface area contributed by atoms with E-state index in [1.807, 2.05) is 41.0 Å². The van der Waals surface area contributed by atoms with Crippen LogP contribution in [0.15, 0.2) is 60.7 Å². The minimum atomic E-state index is -0.937. The molecule has 0 unspecified atom stereocenters. The monoisotopic (exact) mass is 459 g/mol. The van der Waals surface area contributed by atoms with Gasteiger partial charge in [0, 0.05) is 10.6 Å². The van der Waals surface area contributed by atoms with E-state index in [-0.39, 0.29) is 5.69 Å². The predicted octanol–water partition coefficient (Wildman–Crippen LogP) is 6.92. The zero-order valence-electron chi connectivity index (χ0n) is 18.2. The number of aromatic carboxylic acids is 1. The zero-order chi connectivity index (χ0) is 22.4. The number of hydrogen-bond acceptors (Lipinski definition) is 4. The highest BCUT2D eigenvalue weighted by Gasteiger charge is 2.23. The van der Waals surface area contributed by atoms with Crippen LogP contribution >= 0.6 is 11.3 Å². The smallest absolute Gasteiger partial charge is 0.352 e. The van der Waals surface area contributed by atoms with Gasteiger partial charge in [-0.15, -0.1) is 11.3 Å². The molecule has 2 fully saturated rings. The van der Waals surface area contributed by atoms with Gasteiger partial charge in [-0.3, -0.25) is 0 Å². The highest BCUT2D eigenvalue weighted by atomic mass is 32.1. The van der Waals surface area contributed by atoms with Crippen LogP contribution in [0.4, 0.5) is 0 Å². The van der Waals surface area contributed by atoms with Crippen LogP contribution in [0.3, 0.4) is 0 Å². The summed E-state index contributed by atoms with van der Waals surface area (Å²) in [4.78, 5) is 13.1. The molecule has 6 rings (SSSR count). The predicted molar refractivity (Wildman–Crippen MR) is 130 cm³/mol. The molecule has 0 radical (unpaired) electrons. The summed E-state index contributed by atoms with van der Waals surface area (Å²) in [5, 5.41) is 9.83. The topological polar surface area (TPSA) is 60.7 Å². The minimum Gasteiger partial charge on any atom is -0.490 e. The second-order valence-electron chi connectivity index (χ2n) is 8.89. The highest BCUT2D eigenvalue weighted by molar-refractivity contribution is 7.22. The molecule has 0 spiro atoms. The van der Waals surface area contributed by atoms with Crippen molar-refractivity contribution < 1.29 is 19.4 Å². The first-order chi connectivity index (χ1) is 16.1. The highest BCUT2D eigenvalue weighted by Crippen LogP contribution is 2.38. The average molecular weight is 460 g/mol. The van der Waals surface area contributed by atoms with Crippen LogP contribution < -0.4 is 9.47 Å². The molecule has 2 aliphatic rings. The number of carboxylic acid groups (broad SMARTS) is 1. The van der Waals surface area contributed by atoms with E-state index in [0.717, 1.165) is 63.5 Å². The third kappa shape index (κ3) is 4.11. The summed E-state index contributed by atoms with van der Waals surface area (Å²) >= 11 is 1.60. The molecule has 0 aliphatic heterocycles. The van der Waals surface area contributed by atoms with Gasteiger partial charge < -0.3 is 19.1 Å². The molecule has 0 atom stereocenters. The molecule has 0 bridgehead atoms. The third-order valence-electron chi connectivity index (χ3n) is 6.37. The Balaban J connectivity index is 1.32. The number of hydrogen-bond donors (Lipinski definition) is 1. The first kappa shape index (κ1) is 20.4. The average Bonchev–Trinajstić information content (AvgIpc) is 3.19. The van der Waals surface area contributed by atoms with E-state index in [0.29, 0.717) is 12.2 Å². The van der Waals surface area contributed by atoms with Gasteiger partial charge in [-0.05, 0) is 105 Å². The standard InChI is InChI=1S/C27H25NO4S/c29-27(30)24-16-26-23(15-25(33-26)17-5-9-20(10-6-17)32-22-13-14-22)28(24)18-7-11-21(12-8-18)31-19-3-1-2-4-19/h5-12,15-16,19,22H,1-4,13-14H2,(H,29,30). The van der Waals surface area contributed by atoms with Gasteiger partial charge in [0.15, 0.2) is 0 Å². The first-order valence-corrected chi connectivity index (χ1v) is 12.4. The fourth-order valence-electron chi connectivity index (χ4n) is 4.52. The lowest BCUT2D eigenvalue weighted by molar-refractivity contribution is 0.0688. The number of fused-ring (bicyclic) bond motifs is 1. The van der Waals surface area contributed by atoms with Crippen LogP contribution in [0.25, 0.3) is 26.3 Å². The van der Waals surface area contributed by atoms with Gasteiger partial charge in [0.25, 0.3) is 0 Å². The molecule has 4 aromatic rings. The summed E-state index contributed by atoms with van der Waals surface area (Å²) in [6.07, 6.45) is 7.62. The lowest BCUT2D eigenvalue weighted by atomic mass is 10.2. The Bertz CT molecular complexity index is 1290. The largest absolute Gasteiger partial charge is 0.490 e. The van der Waals surface area contributed by atoms with Crippen molar-refractivity contribution in [1.29, 1.82) is 0 Å². The lowest BCUT2D eigenvalue weighted by Crippen LogP contribution is -2.11. The lowest BCUT2D eigenvalue weighted by Gasteiger charge is -2.14. The fourth-order valence-corrected chi connectivity index (χ4v) is 5.61. The number of rotatable bonds is 7.